The summed E-state index contributed by atoms with van der Waals surface area (Å²) in [4.78, 5) is 32.2. The van der Waals surface area contributed by atoms with Gasteiger partial charge in [-0.2, -0.15) is 0 Å². The maximum atomic E-state index is 12.2. The summed E-state index contributed by atoms with van der Waals surface area (Å²) in [6, 6.07) is 11.6. The van der Waals surface area contributed by atoms with Gasteiger partial charge in [0.25, 0.3) is 5.91 Å². The molecule has 0 bridgehead atoms. The first-order chi connectivity index (χ1) is 13.0. The van der Waals surface area contributed by atoms with E-state index in [1.807, 2.05) is 18.2 Å². The van der Waals surface area contributed by atoms with E-state index in [-0.39, 0.29) is 11.5 Å². The van der Waals surface area contributed by atoms with Crippen molar-refractivity contribution in [1.82, 2.24) is 10.3 Å². The second kappa shape index (κ2) is 6.73. The highest BCUT2D eigenvalue weighted by Gasteiger charge is 2.24. The van der Waals surface area contributed by atoms with Gasteiger partial charge < -0.3 is 14.8 Å². The fourth-order valence-electron chi connectivity index (χ4n) is 2.57. The predicted molar refractivity (Wildman–Crippen MR) is 103 cm³/mol. The molecular weight excluding hydrogens is 366 g/mol. The number of nitrogens with one attached hydrogen (secondary N) is 1. The van der Waals surface area contributed by atoms with Crippen LogP contribution in [0.15, 0.2) is 56.8 Å². The van der Waals surface area contributed by atoms with E-state index in [1.54, 1.807) is 25.1 Å². The van der Waals surface area contributed by atoms with Crippen molar-refractivity contribution in [2.24, 2.45) is 4.99 Å². The van der Waals surface area contributed by atoms with Crippen LogP contribution < -0.4 is 5.32 Å². The van der Waals surface area contributed by atoms with Crippen LogP contribution in [-0.2, 0) is 4.79 Å². The summed E-state index contributed by atoms with van der Waals surface area (Å²) in [5, 5.41) is 12.1. The van der Waals surface area contributed by atoms with Crippen molar-refractivity contribution in [3.05, 3.63) is 64.4 Å². The molecule has 0 unspecified atom stereocenters. The molecule has 0 atom stereocenters. The zero-order valence-corrected chi connectivity index (χ0v) is 14.9. The Bertz CT molecular complexity index is 1130. The predicted octanol–water partition coefficient (Wildman–Crippen LogP) is 3.73. The van der Waals surface area contributed by atoms with Gasteiger partial charge in [-0.1, -0.05) is 6.07 Å². The second-order valence-electron chi connectivity index (χ2n) is 5.79. The molecule has 8 heteroatoms. The van der Waals surface area contributed by atoms with Gasteiger partial charge in [-0.25, -0.2) is 14.8 Å². The Labute approximate surface area is 157 Å². The lowest BCUT2D eigenvalue weighted by Crippen LogP contribution is -2.19. The fourth-order valence-corrected chi connectivity index (χ4v) is 3.42. The highest BCUT2D eigenvalue weighted by atomic mass is 32.2. The number of amidine groups is 1. The fraction of sp³-hybridized carbons (Fsp3) is 0.0526. The van der Waals surface area contributed by atoms with Crippen molar-refractivity contribution >= 4 is 51.7 Å². The number of oxazole rings is 1. The smallest absolute Gasteiger partial charge is 0.335 e. The number of hydrogen-bond acceptors (Lipinski definition) is 6. The third-order valence-electron chi connectivity index (χ3n) is 3.81. The zero-order valence-electron chi connectivity index (χ0n) is 14.1. The summed E-state index contributed by atoms with van der Waals surface area (Å²) >= 11 is 1.22. The molecule has 4 rings (SSSR count). The molecule has 2 heterocycles. The van der Waals surface area contributed by atoms with E-state index in [0.29, 0.717) is 27.2 Å². The van der Waals surface area contributed by atoms with Gasteiger partial charge in [-0.05, 0) is 59.8 Å². The maximum absolute atomic E-state index is 12.2. The van der Waals surface area contributed by atoms with Gasteiger partial charge in [0.15, 0.2) is 16.6 Å². The van der Waals surface area contributed by atoms with Crippen LogP contribution in [0.3, 0.4) is 0 Å². The van der Waals surface area contributed by atoms with Crippen LogP contribution in [0.5, 0.6) is 0 Å². The van der Waals surface area contributed by atoms with Crippen LogP contribution in [0.1, 0.15) is 21.8 Å². The molecule has 0 spiro atoms. The average molecular weight is 379 g/mol. The van der Waals surface area contributed by atoms with E-state index in [9.17, 15) is 9.59 Å². The number of aliphatic imine (C=N–C) groups is 1. The first-order valence-corrected chi connectivity index (χ1v) is 8.80. The van der Waals surface area contributed by atoms with E-state index < -0.39 is 5.97 Å². The van der Waals surface area contributed by atoms with Crippen LogP contribution in [0.25, 0.3) is 17.2 Å². The molecule has 0 aliphatic carbocycles. The molecular formula is C19H13N3O4S. The molecule has 1 aliphatic rings. The highest BCUT2D eigenvalue weighted by molar-refractivity contribution is 8.18. The van der Waals surface area contributed by atoms with Gasteiger partial charge in [-0.3, -0.25) is 4.79 Å². The zero-order chi connectivity index (χ0) is 19.0. The molecule has 1 fully saturated rings. The van der Waals surface area contributed by atoms with Crippen molar-refractivity contribution in [1.29, 1.82) is 0 Å². The number of thioether (sulfide) groups is 1. The molecule has 0 radical (unpaired) electrons. The summed E-state index contributed by atoms with van der Waals surface area (Å²) in [7, 11) is 0. The minimum atomic E-state index is -0.998. The number of aromatic nitrogens is 1. The van der Waals surface area contributed by atoms with E-state index in [1.165, 1.54) is 23.9 Å². The molecule has 2 aromatic carbocycles. The summed E-state index contributed by atoms with van der Waals surface area (Å²) in [5.74, 6) is -0.650. The average Bonchev–Trinajstić information content (AvgIpc) is 3.16. The van der Waals surface area contributed by atoms with Gasteiger partial charge in [0.05, 0.1) is 16.2 Å². The van der Waals surface area contributed by atoms with Crippen LogP contribution >= 0.6 is 11.8 Å². The van der Waals surface area contributed by atoms with Crippen molar-refractivity contribution < 1.29 is 19.1 Å². The lowest BCUT2D eigenvalue weighted by Gasteiger charge is -1.97. The normalized spacial score (nSPS) is 17.0. The van der Waals surface area contributed by atoms with Crippen LogP contribution in [0.2, 0.25) is 0 Å². The number of rotatable bonds is 3. The summed E-state index contributed by atoms with van der Waals surface area (Å²) in [5.41, 5.74) is 2.99. The first-order valence-electron chi connectivity index (χ1n) is 7.98. The molecule has 1 amide bonds. The van der Waals surface area contributed by atoms with E-state index in [2.05, 4.69) is 15.3 Å². The SMILES string of the molecule is Cc1nc2ccc(/C=C3/SC(=Nc4ccc(C(=O)O)cc4)NC3=O)cc2o1. The minimum Gasteiger partial charge on any atom is -0.478 e. The van der Waals surface area contributed by atoms with Crippen molar-refractivity contribution in [3.8, 4) is 0 Å². The molecule has 134 valence electrons. The molecule has 1 saturated heterocycles. The number of amides is 1. The summed E-state index contributed by atoms with van der Waals surface area (Å²) < 4.78 is 5.51. The van der Waals surface area contributed by atoms with Gasteiger partial charge in [0.1, 0.15) is 5.52 Å². The Kier molecular flexibility index (Phi) is 4.25. The number of carboxylic acids is 1. The lowest BCUT2D eigenvalue weighted by atomic mass is 10.2. The number of benzene rings is 2. The Morgan fingerprint density at radius 1 is 1.26 bits per heavy atom. The van der Waals surface area contributed by atoms with Gasteiger partial charge >= 0.3 is 5.97 Å². The van der Waals surface area contributed by atoms with Gasteiger partial charge in [-0.15, -0.1) is 0 Å². The largest absolute Gasteiger partial charge is 0.478 e. The number of carbonyl (C=O) groups is 2. The Morgan fingerprint density at radius 3 is 2.78 bits per heavy atom. The topological polar surface area (TPSA) is 105 Å². The van der Waals surface area contributed by atoms with E-state index >= 15 is 0 Å². The standard InChI is InChI=1S/C19H13N3O4S/c1-10-20-14-7-2-11(8-15(14)26-10)9-16-17(23)22-19(27-16)21-13-5-3-12(4-6-13)18(24)25/h2-9H,1H3,(H,24,25)(H,21,22,23)/b16-9+. The van der Waals surface area contributed by atoms with Crippen molar-refractivity contribution in [2.45, 2.75) is 6.92 Å². The monoisotopic (exact) mass is 379 g/mol. The third kappa shape index (κ3) is 3.61. The van der Waals surface area contributed by atoms with Crippen molar-refractivity contribution in [3.63, 3.8) is 0 Å². The number of fused-ring (bicyclic) bond motifs is 1. The lowest BCUT2D eigenvalue weighted by molar-refractivity contribution is -0.115. The highest BCUT2D eigenvalue weighted by Crippen LogP contribution is 2.29. The quantitative estimate of drug-likeness (QED) is 0.672. The molecule has 3 aromatic rings. The number of aromatic carboxylic acids is 1. The van der Waals surface area contributed by atoms with Gasteiger partial charge in [0, 0.05) is 6.92 Å². The first kappa shape index (κ1) is 17.0. The van der Waals surface area contributed by atoms with Gasteiger partial charge in [0.2, 0.25) is 0 Å². The molecule has 7 nitrogen and oxygen atoms in total. The Balaban J connectivity index is 1.57. The van der Waals surface area contributed by atoms with Crippen molar-refractivity contribution in [2.75, 3.05) is 0 Å². The molecule has 27 heavy (non-hydrogen) atoms. The summed E-state index contributed by atoms with van der Waals surface area (Å²) in [6.07, 6.45) is 1.76. The van der Waals surface area contributed by atoms with E-state index in [0.717, 1.165) is 11.1 Å². The number of nitrogens with zero attached hydrogens (tertiary/aromatic N) is 2. The maximum Gasteiger partial charge on any atom is 0.335 e. The number of carbonyl (C=O) groups excluding carboxylic acids is 1. The molecule has 0 saturated carbocycles. The molecule has 1 aliphatic heterocycles. The third-order valence-corrected chi connectivity index (χ3v) is 4.72. The molecule has 2 N–H and O–H groups in total. The number of aryl methyl sites for hydroxylation is 1. The van der Waals surface area contributed by atoms with E-state index in [4.69, 9.17) is 9.52 Å². The Morgan fingerprint density at radius 2 is 2.04 bits per heavy atom. The Hall–Kier alpha value is -3.39. The second-order valence-corrected chi connectivity index (χ2v) is 6.82. The molecule has 1 aromatic heterocycles. The number of carboxylic acid groups (broad SMARTS) is 1. The van der Waals surface area contributed by atoms with Crippen LogP contribution in [0, 0.1) is 6.92 Å². The van der Waals surface area contributed by atoms with Crippen LogP contribution in [0.4, 0.5) is 5.69 Å². The number of hydrogen-bond donors (Lipinski definition) is 2. The summed E-state index contributed by atoms with van der Waals surface area (Å²) in [6.45, 7) is 1.78. The van der Waals surface area contributed by atoms with Crippen LogP contribution in [-0.4, -0.2) is 27.1 Å². The minimum absolute atomic E-state index is 0.181.